The van der Waals surface area contributed by atoms with Crippen molar-refractivity contribution in [2.75, 3.05) is 25.5 Å². The minimum Gasteiger partial charge on any atom is -0.333 e. The molecule has 0 aromatic carbocycles. The van der Waals surface area contributed by atoms with E-state index in [2.05, 4.69) is 26.5 Å². The van der Waals surface area contributed by atoms with Crippen LogP contribution in [0.5, 0.6) is 0 Å². The topological polar surface area (TPSA) is 26.0 Å². The highest BCUT2D eigenvalue weighted by molar-refractivity contribution is 8.93. The monoisotopic (exact) mass is 481 g/mol. The molecule has 0 aliphatic rings. The summed E-state index contributed by atoms with van der Waals surface area (Å²) in [6.07, 6.45) is 31.2. The fourth-order valence-corrected chi connectivity index (χ4v) is 6.37. The van der Waals surface area contributed by atoms with Crippen molar-refractivity contribution < 1.29 is 0 Å². The number of hydrogen-bond acceptors (Lipinski definition) is 1. The van der Waals surface area contributed by atoms with E-state index in [1.807, 2.05) is 0 Å². The first-order valence-electron chi connectivity index (χ1n) is 12.6. The smallest absolute Gasteiger partial charge is 0.0195 e. The molecule has 1 nitrogen and oxygen atoms in total. The van der Waals surface area contributed by atoms with Crippen molar-refractivity contribution in [1.29, 1.82) is 0 Å². The average molecular weight is 483 g/mol. The third-order valence-corrected chi connectivity index (χ3v) is 8.33. The van der Waals surface area contributed by atoms with Gasteiger partial charge < -0.3 is 5.73 Å². The average Bonchev–Trinajstić information content (AvgIpc) is 2.70. The van der Waals surface area contributed by atoms with E-state index in [9.17, 15) is 0 Å². The molecule has 0 aliphatic heterocycles. The molecule has 28 heavy (non-hydrogen) atoms. The van der Waals surface area contributed by atoms with Crippen LogP contribution in [0.2, 0.25) is 0 Å². The molecule has 0 aliphatic carbocycles. The van der Waals surface area contributed by atoms with Gasteiger partial charge in [0.1, 0.15) is 0 Å². The minimum absolute atomic E-state index is 0. The summed E-state index contributed by atoms with van der Waals surface area (Å²) < 4.78 is 0. The summed E-state index contributed by atoms with van der Waals surface area (Å²) in [6, 6.07) is 0. The van der Waals surface area contributed by atoms with Crippen molar-refractivity contribution in [3.63, 3.8) is 0 Å². The van der Waals surface area contributed by atoms with Gasteiger partial charge in [0.2, 0.25) is 0 Å². The van der Waals surface area contributed by atoms with E-state index < -0.39 is 0 Å². The lowest BCUT2D eigenvalue weighted by Gasteiger charge is -2.18. The Bertz CT molecular complexity index is 201. The van der Waals surface area contributed by atoms with E-state index in [0.29, 0.717) is 7.92 Å². The Morgan fingerprint density at radius 1 is 0.393 bits per heavy atom. The van der Waals surface area contributed by atoms with Crippen LogP contribution in [-0.4, -0.2) is 25.5 Å². The van der Waals surface area contributed by atoms with Gasteiger partial charge in [-0.2, -0.15) is 0 Å². The van der Waals surface area contributed by atoms with Gasteiger partial charge in [0.05, 0.1) is 0 Å². The van der Waals surface area contributed by atoms with Crippen molar-refractivity contribution in [2.24, 2.45) is 5.73 Å². The van der Waals surface area contributed by atoms with Crippen LogP contribution >= 0.6 is 24.9 Å². The third-order valence-electron chi connectivity index (χ3n) is 5.48. The van der Waals surface area contributed by atoms with Crippen LogP contribution in [0.4, 0.5) is 0 Å². The Morgan fingerprint density at radius 2 is 0.607 bits per heavy atom. The van der Waals surface area contributed by atoms with Gasteiger partial charge in [0, 0.05) is 0 Å². The molecular weight excluding hydrogens is 425 g/mol. The maximum Gasteiger partial charge on any atom is -0.0195 e. The molecule has 0 saturated heterocycles. The van der Waals surface area contributed by atoms with Gasteiger partial charge in [-0.3, -0.25) is 0 Å². The molecule has 0 atom stereocenters. The molecule has 0 heterocycles. The van der Waals surface area contributed by atoms with Crippen molar-refractivity contribution >= 4 is 24.9 Å². The molecule has 0 unspecified atom stereocenters. The summed E-state index contributed by atoms with van der Waals surface area (Å²) in [5.74, 6) is 0. The summed E-state index contributed by atoms with van der Waals surface area (Å²) in [4.78, 5) is 0. The Kier molecular flexibility index (Phi) is 38.9. The number of halogens is 1. The fraction of sp³-hybridized carbons (Fsp3) is 1.00. The lowest BCUT2D eigenvalue weighted by molar-refractivity contribution is 0.617. The highest BCUT2D eigenvalue weighted by atomic mass is 79.9. The second kappa shape index (κ2) is 32.5. The van der Waals surface area contributed by atoms with Crippen molar-refractivity contribution in [2.45, 2.75) is 136 Å². The number of rotatable bonds is 21. The summed E-state index contributed by atoms with van der Waals surface area (Å²) in [6.45, 7) is 6.96. The van der Waals surface area contributed by atoms with Crippen LogP contribution in [0, 0.1) is 0 Å². The van der Waals surface area contributed by atoms with Gasteiger partial charge >= 0.3 is 0 Å². The van der Waals surface area contributed by atoms with E-state index in [1.165, 1.54) is 123 Å². The summed E-state index contributed by atoms with van der Waals surface area (Å²) >= 11 is 0. The van der Waals surface area contributed by atoms with Crippen molar-refractivity contribution in [3.8, 4) is 0 Å². The molecule has 0 aromatic heterocycles. The Balaban J connectivity index is -0.00000201. The first-order valence-corrected chi connectivity index (χ1v) is 14.5. The minimum atomic E-state index is 0. The summed E-state index contributed by atoms with van der Waals surface area (Å²) in [7, 11) is 1.87. The molecule has 0 fully saturated rings. The predicted molar refractivity (Wildman–Crippen MR) is 142 cm³/mol. The van der Waals surface area contributed by atoms with Gasteiger partial charge in [-0.25, -0.2) is 0 Å². The molecule has 3 heteroatoms. The normalized spacial score (nSPS) is 10.5. The number of nitrogens with two attached hydrogens (primary N) is 1. The Hall–Kier alpha value is 0.870. The van der Waals surface area contributed by atoms with Crippen molar-refractivity contribution in [1.82, 2.24) is 0 Å². The van der Waals surface area contributed by atoms with Crippen LogP contribution in [0.3, 0.4) is 0 Å². The quantitative estimate of drug-likeness (QED) is 0.128. The molecule has 0 amide bonds. The van der Waals surface area contributed by atoms with Gasteiger partial charge in [0.25, 0.3) is 0 Å². The Morgan fingerprint density at radius 3 is 0.857 bits per heavy atom. The van der Waals surface area contributed by atoms with Gasteiger partial charge in [-0.05, 0) is 44.8 Å². The first kappa shape index (κ1) is 33.5. The predicted octanol–water partition coefficient (Wildman–Crippen LogP) is 9.70. The van der Waals surface area contributed by atoms with Gasteiger partial charge in [-0.1, -0.05) is 117 Å². The zero-order valence-corrected chi connectivity index (χ0v) is 22.9. The van der Waals surface area contributed by atoms with Gasteiger partial charge in [0.15, 0.2) is 0 Å². The molecule has 0 aromatic rings. The van der Waals surface area contributed by atoms with Crippen molar-refractivity contribution in [3.05, 3.63) is 0 Å². The second-order valence-corrected chi connectivity index (χ2v) is 10.8. The molecule has 0 bridgehead atoms. The zero-order valence-electron chi connectivity index (χ0n) is 20.3. The summed E-state index contributed by atoms with van der Waals surface area (Å²) in [5, 5.41) is 0. The first-order chi connectivity index (χ1) is 13.3. The van der Waals surface area contributed by atoms with Crippen LogP contribution < -0.4 is 5.73 Å². The highest BCUT2D eigenvalue weighted by Crippen LogP contribution is 2.39. The number of unbranched alkanes of at least 4 members (excludes halogenated alkanes) is 15. The maximum atomic E-state index is 4.50. The summed E-state index contributed by atoms with van der Waals surface area (Å²) in [5.41, 5.74) is 4.50. The standard InChI is InChI=1S/C24H51P.CH5N.BrH/c1-4-7-10-13-16-19-22-25(23-20-17-14-11-8-5-2)24-21-18-15-12-9-6-3;1-2;/h4-24H2,1-3H3;2H2,1H3;1H. The van der Waals surface area contributed by atoms with E-state index in [0.717, 1.165) is 0 Å². The highest BCUT2D eigenvalue weighted by Gasteiger charge is 2.07. The lowest BCUT2D eigenvalue weighted by atomic mass is 10.1. The largest absolute Gasteiger partial charge is 0.333 e. The van der Waals surface area contributed by atoms with Crippen LogP contribution in [-0.2, 0) is 0 Å². The van der Waals surface area contributed by atoms with E-state index >= 15 is 0 Å². The lowest BCUT2D eigenvalue weighted by Crippen LogP contribution is -1.97. The van der Waals surface area contributed by atoms with Crippen LogP contribution in [0.25, 0.3) is 0 Å². The molecule has 2 N–H and O–H groups in total. The molecule has 174 valence electrons. The van der Waals surface area contributed by atoms with Gasteiger partial charge in [-0.15, -0.1) is 24.9 Å². The third kappa shape index (κ3) is 29.1. The van der Waals surface area contributed by atoms with Crippen LogP contribution in [0.1, 0.15) is 136 Å². The van der Waals surface area contributed by atoms with Crippen LogP contribution in [0.15, 0.2) is 0 Å². The van der Waals surface area contributed by atoms with E-state index in [-0.39, 0.29) is 17.0 Å². The maximum absolute atomic E-state index is 4.50. The second-order valence-electron chi connectivity index (χ2n) is 8.14. The fourth-order valence-electron chi connectivity index (χ4n) is 3.68. The molecule has 0 radical (unpaired) electrons. The molecular formula is C25H57BrNP. The Labute approximate surface area is 192 Å². The SMILES string of the molecule is Br.CCCCCCCCP(CCCCCCCC)CCCCCCCC.CN. The zero-order chi connectivity index (χ0) is 20.4. The molecule has 0 saturated carbocycles. The number of hydrogen-bond donors (Lipinski definition) is 1. The molecule has 0 spiro atoms. The molecule has 0 rings (SSSR count). The van der Waals surface area contributed by atoms with E-state index in [1.54, 1.807) is 18.5 Å². The van der Waals surface area contributed by atoms with E-state index in [4.69, 9.17) is 0 Å².